The molecule has 0 radical (unpaired) electrons. The van der Waals surface area contributed by atoms with Crippen molar-refractivity contribution in [1.82, 2.24) is 4.90 Å². The van der Waals surface area contributed by atoms with Crippen LogP contribution in [0.2, 0.25) is 0 Å². The summed E-state index contributed by atoms with van der Waals surface area (Å²) >= 11 is 5.73. The second-order valence-corrected chi connectivity index (χ2v) is 5.82. The number of amides is 1. The molecule has 1 saturated carbocycles. The molecule has 1 fully saturated rings. The Bertz CT molecular complexity index is 544. The van der Waals surface area contributed by atoms with E-state index in [4.69, 9.17) is 11.6 Å². The molecule has 2 rings (SSSR count). The Kier molecular flexibility index (Phi) is 5.17. The van der Waals surface area contributed by atoms with Crippen molar-refractivity contribution in [2.75, 3.05) is 12.4 Å². The lowest BCUT2D eigenvalue weighted by atomic mass is 9.90. The van der Waals surface area contributed by atoms with Gasteiger partial charge in [0, 0.05) is 36.2 Å². The zero-order valence-corrected chi connectivity index (χ0v) is 12.8. The molecule has 0 aromatic heterocycles. The molecular formula is C15H19ClN2O3. The number of halogens is 1. The van der Waals surface area contributed by atoms with Crippen LogP contribution < -0.4 is 0 Å². The molecule has 0 N–H and O–H groups in total. The summed E-state index contributed by atoms with van der Waals surface area (Å²) in [5.74, 6) is 0.376. The van der Waals surface area contributed by atoms with Crippen LogP contribution in [0.4, 0.5) is 5.69 Å². The third kappa shape index (κ3) is 3.73. The molecule has 0 unspecified atom stereocenters. The fourth-order valence-corrected chi connectivity index (χ4v) is 2.66. The number of non-ortho nitro benzene ring substituents is 1. The lowest BCUT2D eigenvalue weighted by Crippen LogP contribution is -2.44. The van der Waals surface area contributed by atoms with Gasteiger partial charge in [-0.3, -0.25) is 14.9 Å². The predicted molar refractivity (Wildman–Crippen MR) is 81.8 cm³/mol. The van der Waals surface area contributed by atoms with Crippen molar-refractivity contribution >= 4 is 23.2 Å². The Morgan fingerprint density at radius 3 is 2.67 bits per heavy atom. The first-order valence-corrected chi connectivity index (χ1v) is 7.69. The number of rotatable bonds is 6. The fraction of sp³-hybridized carbons (Fsp3) is 0.533. The van der Waals surface area contributed by atoms with Crippen LogP contribution in [-0.4, -0.2) is 34.2 Å². The highest BCUT2D eigenvalue weighted by Gasteiger charge is 2.29. The number of hydrogen-bond acceptors (Lipinski definition) is 3. The maximum Gasteiger partial charge on any atom is 0.270 e. The summed E-state index contributed by atoms with van der Waals surface area (Å²) in [6.45, 7) is 2.37. The number of carbonyl (C=O) groups excluding carboxylic acids is 1. The number of nitrogens with zero attached hydrogens (tertiary/aromatic N) is 2. The van der Waals surface area contributed by atoms with Gasteiger partial charge in [0.1, 0.15) is 0 Å². The van der Waals surface area contributed by atoms with Crippen LogP contribution in [0.15, 0.2) is 18.2 Å². The SMILES string of the molecule is Cc1cc(C(=O)N(CCCCl)C2CCC2)cc([N+](=O)[O-])c1. The molecule has 6 heteroatoms. The van der Waals surface area contributed by atoms with Crippen molar-refractivity contribution in [1.29, 1.82) is 0 Å². The molecule has 1 aliphatic rings. The van der Waals surface area contributed by atoms with E-state index in [0.29, 0.717) is 18.0 Å². The molecule has 1 aromatic rings. The number of nitro groups is 1. The van der Waals surface area contributed by atoms with Crippen LogP contribution in [0.1, 0.15) is 41.6 Å². The molecule has 0 bridgehead atoms. The van der Waals surface area contributed by atoms with Crippen LogP contribution in [0.25, 0.3) is 0 Å². The molecule has 5 nitrogen and oxygen atoms in total. The molecule has 1 aromatic carbocycles. The summed E-state index contributed by atoms with van der Waals surface area (Å²) < 4.78 is 0. The molecule has 0 heterocycles. The highest BCUT2D eigenvalue weighted by atomic mass is 35.5. The van der Waals surface area contributed by atoms with Crippen molar-refractivity contribution in [2.24, 2.45) is 0 Å². The molecule has 21 heavy (non-hydrogen) atoms. The van der Waals surface area contributed by atoms with E-state index in [9.17, 15) is 14.9 Å². The first-order chi connectivity index (χ1) is 10.0. The normalized spacial score (nSPS) is 14.6. The van der Waals surface area contributed by atoms with E-state index in [1.54, 1.807) is 13.0 Å². The smallest absolute Gasteiger partial charge is 0.270 e. The van der Waals surface area contributed by atoms with E-state index in [0.717, 1.165) is 31.2 Å². The van der Waals surface area contributed by atoms with E-state index in [2.05, 4.69) is 0 Å². The van der Waals surface area contributed by atoms with Gasteiger partial charge in [0.25, 0.3) is 11.6 Å². The Labute approximate surface area is 129 Å². The van der Waals surface area contributed by atoms with Gasteiger partial charge in [-0.25, -0.2) is 0 Å². The summed E-state index contributed by atoms with van der Waals surface area (Å²) in [5, 5.41) is 10.9. The van der Waals surface area contributed by atoms with Gasteiger partial charge in [0.05, 0.1) is 4.92 Å². The van der Waals surface area contributed by atoms with Crippen molar-refractivity contribution < 1.29 is 9.72 Å². The van der Waals surface area contributed by atoms with Gasteiger partial charge >= 0.3 is 0 Å². The minimum Gasteiger partial charge on any atom is -0.336 e. The summed E-state index contributed by atoms with van der Waals surface area (Å²) in [7, 11) is 0. The van der Waals surface area contributed by atoms with Gasteiger partial charge < -0.3 is 4.90 Å². The number of nitro benzene ring substituents is 1. The summed E-state index contributed by atoms with van der Waals surface area (Å²) in [6, 6.07) is 4.80. The number of hydrogen-bond donors (Lipinski definition) is 0. The maximum absolute atomic E-state index is 12.7. The van der Waals surface area contributed by atoms with Crippen molar-refractivity contribution in [2.45, 2.75) is 38.6 Å². The van der Waals surface area contributed by atoms with E-state index >= 15 is 0 Å². The lowest BCUT2D eigenvalue weighted by molar-refractivity contribution is -0.384. The first-order valence-electron chi connectivity index (χ1n) is 7.16. The average molecular weight is 311 g/mol. The number of alkyl halides is 1. The zero-order valence-electron chi connectivity index (χ0n) is 12.0. The number of benzene rings is 1. The van der Waals surface area contributed by atoms with E-state index in [-0.39, 0.29) is 17.6 Å². The monoisotopic (exact) mass is 310 g/mol. The molecule has 114 valence electrons. The Morgan fingerprint density at radius 2 is 2.14 bits per heavy atom. The maximum atomic E-state index is 12.7. The van der Waals surface area contributed by atoms with Crippen LogP contribution >= 0.6 is 11.6 Å². The minimum atomic E-state index is -0.462. The molecule has 0 spiro atoms. The topological polar surface area (TPSA) is 63.5 Å². The molecule has 0 atom stereocenters. The Balaban J connectivity index is 2.24. The van der Waals surface area contributed by atoms with E-state index in [1.165, 1.54) is 12.1 Å². The second-order valence-electron chi connectivity index (χ2n) is 5.44. The summed E-state index contributed by atoms with van der Waals surface area (Å²) in [4.78, 5) is 25.0. The Morgan fingerprint density at radius 1 is 1.43 bits per heavy atom. The van der Waals surface area contributed by atoms with Gasteiger partial charge in [0.15, 0.2) is 0 Å². The summed E-state index contributed by atoms with van der Waals surface area (Å²) in [6.07, 6.45) is 3.87. The van der Waals surface area contributed by atoms with Crippen LogP contribution in [0.3, 0.4) is 0 Å². The highest BCUT2D eigenvalue weighted by molar-refractivity contribution is 6.17. The number of aryl methyl sites for hydroxylation is 1. The molecule has 1 aliphatic carbocycles. The van der Waals surface area contributed by atoms with Gasteiger partial charge in [-0.15, -0.1) is 11.6 Å². The van der Waals surface area contributed by atoms with Crippen LogP contribution in [0, 0.1) is 17.0 Å². The average Bonchev–Trinajstić information content (AvgIpc) is 2.39. The van der Waals surface area contributed by atoms with Crippen molar-refractivity contribution in [3.63, 3.8) is 0 Å². The molecule has 0 saturated heterocycles. The van der Waals surface area contributed by atoms with Crippen molar-refractivity contribution in [3.8, 4) is 0 Å². The van der Waals surface area contributed by atoms with Crippen molar-refractivity contribution in [3.05, 3.63) is 39.4 Å². The lowest BCUT2D eigenvalue weighted by Gasteiger charge is -2.37. The highest BCUT2D eigenvalue weighted by Crippen LogP contribution is 2.27. The fourth-order valence-electron chi connectivity index (χ4n) is 2.54. The van der Waals surface area contributed by atoms with Gasteiger partial charge in [-0.2, -0.15) is 0 Å². The quantitative estimate of drug-likeness (QED) is 0.459. The predicted octanol–water partition coefficient (Wildman–Crippen LogP) is 3.53. The molecule has 1 amide bonds. The Hall–Kier alpha value is -1.62. The summed E-state index contributed by atoms with van der Waals surface area (Å²) in [5.41, 5.74) is 1.07. The minimum absolute atomic E-state index is 0.0377. The number of carbonyl (C=O) groups is 1. The van der Waals surface area contributed by atoms with E-state index < -0.39 is 4.92 Å². The standard InChI is InChI=1S/C15H19ClN2O3/c1-11-8-12(10-14(9-11)18(20)21)15(19)17(7-3-6-16)13-4-2-5-13/h8-10,13H,2-7H2,1H3. The second kappa shape index (κ2) is 6.89. The van der Waals surface area contributed by atoms with Gasteiger partial charge in [-0.1, -0.05) is 0 Å². The third-order valence-corrected chi connectivity index (χ3v) is 4.10. The van der Waals surface area contributed by atoms with Crippen LogP contribution in [0.5, 0.6) is 0 Å². The van der Waals surface area contributed by atoms with Crippen LogP contribution in [-0.2, 0) is 0 Å². The molecular weight excluding hydrogens is 292 g/mol. The van der Waals surface area contributed by atoms with E-state index in [1.807, 2.05) is 4.90 Å². The third-order valence-electron chi connectivity index (χ3n) is 3.83. The largest absolute Gasteiger partial charge is 0.336 e. The molecule has 0 aliphatic heterocycles. The van der Waals surface area contributed by atoms with Gasteiger partial charge in [-0.05, 0) is 44.2 Å². The zero-order chi connectivity index (χ0) is 15.4. The van der Waals surface area contributed by atoms with Gasteiger partial charge in [0.2, 0.25) is 0 Å². The first kappa shape index (κ1) is 15.8.